The monoisotopic (exact) mass is 914 g/mol. The maximum absolute atomic E-state index is 12.5. The van der Waals surface area contributed by atoms with Crippen molar-refractivity contribution < 1.29 is 15.0 Å². The molecule has 1 amide bonds. The van der Waals surface area contributed by atoms with E-state index in [4.69, 9.17) is 0 Å². The van der Waals surface area contributed by atoms with Gasteiger partial charge in [-0.3, -0.25) is 4.79 Å². The van der Waals surface area contributed by atoms with Gasteiger partial charge in [-0.1, -0.05) is 271 Å². The van der Waals surface area contributed by atoms with Crippen LogP contribution in [0.1, 0.15) is 258 Å². The van der Waals surface area contributed by atoms with Gasteiger partial charge in [-0.25, -0.2) is 0 Å². The van der Waals surface area contributed by atoms with E-state index in [-0.39, 0.29) is 12.5 Å². The highest BCUT2D eigenvalue weighted by atomic mass is 16.3. The van der Waals surface area contributed by atoms with Gasteiger partial charge >= 0.3 is 0 Å². The van der Waals surface area contributed by atoms with Crippen LogP contribution in [0, 0.1) is 0 Å². The van der Waals surface area contributed by atoms with Crippen molar-refractivity contribution in [3.8, 4) is 0 Å². The highest BCUT2D eigenvalue weighted by Gasteiger charge is 2.17. The molecule has 0 saturated heterocycles. The molecule has 0 aliphatic heterocycles. The van der Waals surface area contributed by atoms with E-state index < -0.39 is 12.1 Å². The molecule has 0 aromatic rings. The Hall–Kier alpha value is -2.95. The van der Waals surface area contributed by atoms with Crippen LogP contribution < -0.4 is 5.32 Å². The first kappa shape index (κ1) is 63.0. The first-order chi connectivity index (χ1) is 32.7. The minimum absolute atomic E-state index is 0.0879. The van der Waals surface area contributed by atoms with Crippen molar-refractivity contribution in [1.29, 1.82) is 0 Å². The maximum atomic E-state index is 12.5. The summed E-state index contributed by atoms with van der Waals surface area (Å²) >= 11 is 0. The fraction of sp³-hybridized carbons (Fsp3) is 0.694. The van der Waals surface area contributed by atoms with E-state index in [9.17, 15) is 15.0 Å². The van der Waals surface area contributed by atoms with Gasteiger partial charge in [-0.05, 0) is 89.9 Å². The van der Waals surface area contributed by atoms with Gasteiger partial charge < -0.3 is 15.5 Å². The molecule has 0 aliphatic rings. The van der Waals surface area contributed by atoms with Crippen LogP contribution in [0.5, 0.6) is 0 Å². The number of aliphatic hydroxyl groups excluding tert-OH is 2. The van der Waals surface area contributed by atoms with Gasteiger partial charge in [0.15, 0.2) is 0 Å². The molecule has 66 heavy (non-hydrogen) atoms. The van der Waals surface area contributed by atoms with Crippen LogP contribution in [0.3, 0.4) is 0 Å². The van der Waals surface area contributed by atoms with Crippen molar-refractivity contribution in [2.75, 3.05) is 6.61 Å². The van der Waals surface area contributed by atoms with Crippen LogP contribution in [-0.2, 0) is 4.79 Å². The van der Waals surface area contributed by atoms with Gasteiger partial charge in [-0.15, -0.1) is 0 Å². The predicted octanol–water partition coefficient (Wildman–Crippen LogP) is 18.7. The number of unbranched alkanes of at least 4 members (excludes halogenated alkanes) is 27. The first-order valence-corrected chi connectivity index (χ1v) is 28.1. The van der Waals surface area contributed by atoms with E-state index in [2.05, 4.69) is 116 Å². The summed E-state index contributed by atoms with van der Waals surface area (Å²) in [4.78, 5) is 12.5. The highest BCUT2D eigenvalue weighted by Crippen LogP contribution is 2.16. The molecule has 378 valence electrons. The van der Waals surface area contributed by atoms with Gasteiger partial charge in [0.2, 0.25) is 5.91 Å². The van der Waals surface area contributed by atoms with Crippen LogP contribution in [0.2, 0.25) is 0 Å². The van der Waals surface area contributed by atoms with Gasteiger partial charge in [0, 0.05) is 6.42 Å². The summed E-state index contributed by atoms with van der Waals surface area (Å²) in [5.41, 5.74) is 0. The molecule has 0 radical (unpaired) electrons. The molecule has 0 saturated carbocycles. The number of hydrogen-bond donors (Lipinski definition) is 3. The lowest BCUT2D eigenvalue weighted by atomic mass is 10.0. The molecular formula is C62H107NO3. The number of allylic oxidation sites excluding steroid dienone is 17. The number of amides is 1. The Morgan fingerprint density at radius 2 is 0.682 bits per heavy atom. The van der Waals surface area contributed by atoms with Crippen LogP contribution in [0.4, 0.5) is 0 Å². The second kappa shape index (κ2) is 56.4. The Bertz CT molecular complexity index is 1270. The quantitative estimate of drug-likeness (QED) is 0.0421. The number of hydrogen-bond acceptors (Lipinski definition) is 3. The second-order valence-electron chi connectivity index (χ2n) is 18.6. The van der Waals surface area contributed by atoms with E-state index in [0.717, 1.165) is 89.9 Å². The Morgan fingerprint density at radius 3 is 1.06 bits per heavy atom. The lowest BCUT2D eigenvalue weighted by Gasteiger charge is -2.19. The van der Waals surface area contributed by atoms with Crippen molar-refractivity contribution in [2.24, 2.45) is 0 Å². The van der Waals surface area contributed by atoms with E-state index in [1.807, 2.05) is 6.08 Å². The minimum Gasteiger partial charge on any atom is -0.394 e. The summed E-state index contributed by atoms with van der Waals surface area (Å²) in [5, 5.41) is 23.1. The first-order valence-electron chi connectivity index (χ1n) is 28.1. The van der Waals surface area contributed by atoms with E-state index in [0.29, 0.717) is 6.42 Å². The SMILES string of the molecule is CC/C=C\C/C=C\C/C=C\C/C=C\C/C=C\C/C=C\C/C=C\CCCCCCCCCC(=O)NC(CO)C(O)/C=C/CC/C=C/CCCCCCCCCCCCCCCCCCCCC. The number of aliphatic hydroxyl groups is 2. The third kappa shape index (κ3) is 52.0. The number of rotatable bonds is 50. The van der Waals surface area contributed by atoms with Crippen LogP contribution >= 0.6 is 0 Å². The van der Waals surface area contributed by atoms with Gasteiger partial charge in [0.1, 0.15) is 0 Å². The molecule has 0 fully saturated rings. The number of nitrogens with one attached hydrogen (secondary N) is 1. The largest absolute Gasteiger partial charge is 0.394 e. The molecule has 0 rings (SSSR count). The Balaban J connectivity index is 3.63. The van der Waals surface area contributed by atoms with Crippen LogP contribution in [-0.4, -0.2) is 34.9 Å². The molecule has 0 heterocycles. The van der Waals surface area contributed by atoms with E-state index >= 15 is 0 Å². The Labute approximate surface area is 410 Å². The molecule has 3 N–H and O–H groups in total. The highest BCUT2D eigenvalue weighted by molar-refractivity contribution is 5.76. The van der Waals surface area contributed by atoms with Gasteiger partial charge in [0.25, 0.3) is 0 Å². The second-order valence-corrected chi connectivity index (χ2v) is 18.6. The van der Waals surface area contributed by atoms with Crippen molar-refractivity contribution in [2.45, 2.75) is 270 Å². The zero-order valence-corrected chi connectivity index (χ0v) is 43.4. The molecule has 0 spiro atoms. The lowest BCUT2D eigenvalue weighted by Crippen LogP contribution is -2.45. The standard InChI is InChI=1S/C62H107NO3/c1-3-5-7-9-11-13-15-17-19-21-23-25-27-29-30-31-32-34-36-38-40-42-44-46-48-50-52-54-56-58-62(66)63-60(59-64)61(65)57-55-53-51-49-47-45-43-41-39-37-35-33-28-26-24-22-20-18-16-14-12-10-8-6-4-2/h5,7,11,13,17,19,23,25,29-30,32,34,38,40,47,49,55,57,60-61,64-65H,3-4,6,8-10,12,14-16,18,20-22,24,26-28,31,33,35-37,39,41-46,48,50-54,56,58-59H2,1-2H3,(H,63,66)/b7-5-,13-11-,19-17-,25-23-,30-29-,34-32-,40-38-,49-47+,57-55+. The van der Waals surface area contributed by atoms with E-state index in [1.54, 1.807) is 6.08 Å². The number of carbonyl (C=O) groups is 1. The molecule has 2 unspecified atom stereocenters. The molecule has 0 aromatic carbocycles. The Morgan fingerprint density at radius 1 is 0.379 bits per heavy atom. The summed E-state index contributed by atoms with van der Waals surface area (Å²) in [6.45, 7) is 4.19. The summed E-state index contributed by atoms with van der Waals surface area (Å²) in [6, 6.07) is -0.654. The summed E-state index contributed by atoms with van der Waals surface area (Å²) in [5.74, 6) is -0.0879. The van der Waals surface area contributed by atoms with E-state index in [1.165, 1.54) is 148 Å². The fourth-order valence-corrected chi connectivity index (χ4v) is 8.00. The third-order valence-electron chi connectivity index (χ3n) is 12.2. The summed E-state index contributed by atoms with van der Waals surface area (Å²) in [7, 11) is 0. The predicted molar refractivity (Wildman–Crippen MR) is 294 cm³/mol. The van der Waals surface area contributed by atoms with Crippen molar-refractivity contribution >= 4 is 5.91 Å². The van der Waals surface area contributed by atoms with Crippen LogP contribution in [0.25, 0.3) is 0 Å². The average molecular weight is 915 g/mol. The fourth-order valence-electron chi connectivity index (χ4n) is 8.00. The van der Waals surface area contributed by atoms with Crippen molar-refractivity contribution in [1.82, 2.24) is 5.32 Å². The van der Waals surface area contributed by atoms with Crippen LogP contribution in [0.15, 0.2) is 109 Å². The smallest absolute Gasteiger partial charge is 0.220 e. The normalized spacial score (nSPS) is 13.7. The lowest BCUT2D eigenvalue weighted by molar-refractivity contribution is -0.123. The van der Waals surface area contributed by atoms with Gasteiger partial charge in [-0.2, -0.15) is 0 Å². The summed E-state index contributed by atoms with van der Waals surface area (Å²) in [6.07, 6.45) is 85.3. The zero-order chi connectivity index (χ0) is 47.7. The molecular weight excluding hydrogens is 807 g/mol. The maximum Gasteiger partial charge on any atom is 0.220 e. The Kier molecular flexibility index (Phi) is 53.9. The average Bonchev–Trinajstić information content (AvgIpc) is 3.32. The molecule has 0 bridgehead atoms. The van der Waals surface area contributed by atoms with Crippen molar-refractivity contribution in [3.63, 3.8) is 0 Å². The van der Waals surface area contributed by atoms with Gasteiger partial charge in [0.05, 0.1) is 18.8 Å². The molecule has 2 atom stereocenters. The number of carbonyl (C=O) groups excluding carboxylic acids is 1. The molecule has 0 aromatic heterocycles. The minimum atomic E-state index is -0.876. The molecule has 0 aliphatic carbocycles. The molecule has 4 heteroatoms. The zero-order valence-electron chi connectivity index (χ0n) is 43.4. The molecule has 4 nitrogen and oxygen atoms in total. The third-order valence-corrected chi connectivity index (χ3v) is 12.2. The topological polar surface area (TPSA) is 69.6 Å². The van der Waals surface area contributed by atoms with Crippen molar-refractivity contribution in [3.05, 3.63) is 109 Å². The summed E-state index contributed by atoms with van der Waals surface area (Å²) < 4.78 is 0.